The molecule has 2 fully saturated rings. The molecule has 210 valence electrons. The number of carbonyl (C=O) groups is 2. The van der Waals surface area contributed by atoms with Gasteiger partial charge in [0.05, 0.1) is 6.61 Å². The van der Waals surface area contributed by atoms with Crippen molar-refractivity contribution in [3.8, 4) is 0 Å². The number of aliphatic hydroxyl groups is 3. The van der Waals surface area contributed by atoms with Crippen molar-refractivity contribution in [2.24, 2.45) is 0 Å². The quantitative estimate of drug-likeness (QED) is 0.0390. The molecule has 0 aromatic carbocycles. The second kappa shape index (κ2) is 13.5. The third-order valence-electron chi connectivity index (χ3n) is 4.94. The van der Waals surface area contributed by atoms with Crippen molar-refractivity contribution in [2.75, 3.05) is 13.7 Å². The SMILES string of the molecule is CO[C@@H]1OC(COS(=O)(=O)O)[C@H](OSOOO)[C@H](O[C@@H]2OC(C(=O)O)[C@H](O)[C@H](O)C2O)C1NC(C)=O. The van der Waals surface area contributed by atoms with E-state index in [1.54, 1.807) is 0 Å². The highest BCUT2D eigenvalue weighted by Gasteiger charge is 2.54. The fourth-order valence-electron chi connectivity index (χ4n) is 3.45. The van der Waals surface area contributed by atoms with E-state index in [4.69, 9.17) is 32.9 Å². The van der Waals surface area contributed by atoms with E-state index in [1.807, 2.05) is 0 Å². The van der Waals surface area contributed by atoms with Gasteiger partial charge in [0.2, 0.25) is 5.91 Å². The van der Waals surface area contributed by atoms with Gasteiger partial charge in [-0.25, -0.2) is 14.2 Å². The Morgan fingerprint density at radius 3 is 2.25 bits per heavy atom. The molecule has 0 bridgehead atoms. The molecule has 0 spiro atoms. The summed E-state index contributed by atoms with van der Waals surface area (Å²) in [5.41, 5.74) is 0. The summed E-state index contributed by atoms with van der Waals surface area (Å²) in [4.78, 5) is 23.3. The minimum absolute atomic E-state index is 0.0405. The molecule has 4 unspecified atom stereocenters. The van der Waals surface area contributed by atoms with E-state index in [2.05, 4.69) is 18.9 Å². The van der Waals surface area contributed by atoms with E-state index >= 15 is 0 Å². The van der Waals surface area contributed by atoms with Crippen molar-refractivity contribution >= 4 is 34.6 Å². The second-order valence-electron chi connectivity index (χ2n) is 7.32. The highest BCUT2D eigenvalue weighted by Crippen LogP contribution is 2.33. The van der Waals surface area contributed by atoms with Gasteiger partial charge in [-0.15, -0.1) is 4.33 Å². The summed E-state index contributed by atoms with van der Waals surface area (Å²) in [5.74, 6) is -2.38. The van der Waals surface area contributed by atoms with E-state index < -0.39 is 90.2 Å². The molecule has 2 heterocycles. The van der Waals surface area contributed by atoms with Crippen LogP contribution in [0.15, 0.2) is 0 Å². The highest BCUT2D eigenvalue weighted by molar-refractivity contribution is 7.89. The van der Waals surface area contributed by atoms with Crippen LogP contribution in [0.4, 0.5) is 0 Å². The van der Waals surface area contributed by atoms with Gasteiger partial charge < -0.3 is 44.7 Å². The third-order valence-corrected chi connectivity index (χ3v) is 5.79. The first-order chi connectivity index (χ1) is 16.8. The highest BCUT2D eigenvalue weighted by atomic mass is 32.3. The normalized spacial score (nSPS) is 37.4. The number of carboxylic acid groups (broad SMARTS) is 1. The van der Waals surface area contributed by atoms with Gasteiger partial charge in [-0.05, 0) is 0 Å². The maximum absolute atomic E-state index is 11.8. The van der Waals surface area contributed by atoms with E-state index in [9.17, 15) is 38.4 Å². The summed E-state index contributed by atoms with van der Waals surface area (Å²) in [6.45, 7) is 0.154. The Morgan fingerprint density at radius 1 is 1.06 bits per heavy atom. The molecule has 0 radical (unpaired) electrons. The van der Waals surface area contributed by atoms with Gasteiger partial charge in [0, 0.05) is 14.0 Å². The first kappa shape index (κ1) is 30.9. The van der Waals surface area contributed by atoms with Crippen LogP contribution in [-0.2, 0) is 56.7 Å². The van der Waals surface area contributed by atoms with Crippen LogP contribution in [0.1, 0.15) is 6.92 Å². The average molecular weight is 571 g/mol. The average Bonchev–Trinajstić information content (AvgIpc) is 2.79. The van der Waals surface area contributed by atoms with Crippen LogP contribution in [0.2, 0.25) is 0 Å². The zero-order chi connectivity index (χ0) is 27.2. The van der Waals surface area contributed by atoms with Gasteiger partial charge in [0.1, 0.15) is 42.7 Å². The monoisotopic (exact) mass is 571 g/mol. The van der Waals surface area contributed by atoms with Crippen LogP contribution in [0, 0.1) is 0 Å². The smallest absolute Gasteiger partial charge is 0.397 e. The lowest BCUT2D eigenvalue weighted by Crippen LogP contribution is -2.68. The van der Waals surface area contributed by atoms with Crippen LogP contribution < -0.4 is 5.32 Å². The number of carboxylic acids is 1. The lowest BCUT2D eigenvalue weighted by Gasteiger charge is -2.47. The molecule has 7 N–H and O–H groups in total. The standard InChI is InChI=1S/C15H25NO18S2/c1-4(17)16-6-11(30-15-9(20)7(18)8(19)12(31-15)13(21)22)10(32-35-34-33-23)5(29-14(6)27-2)3-28-36(24,25)26/h5-12,14-15,18-20,23H,3H2,1-2H3,(H,16,17)(H,21,22)(H,24,25,26)/t5?,6?,7-,8+,9?,10-,11+,12?,14+,15+/m0/s1. The molecule has 36 heavy (non-hydrogen) atoms. The molecule has 21 heteroatoms. The molecule has 2 rings (SSSR count). The van der Waals surface area contributed by atoms with E-state index in [-0.39, 0.29) is 12.3 Å². The molecular formula is C15H25NO18S2. The van der Waals surface area contributed by atoms with Crippen molar-refractivity contribution in [3.05, 3.63) is 0 Å². The number of carbonyl (C=O) groups excluding carboxylic acids is 1. The minimum Gasteiger partial charge on any atom is -0.479 e. The molecule has 0 saturated carbocycles. The Kier molecular flexibility index (Phi) is 11.6. The summed E-state index contributed by atoms with van der Waals surface area (Å²) in [5, 5.41) is 53.7. The minimum atomic E-state index is -4.99. The van der Waals surface area contributed by atoms with Gasteiger partial charge in [0.25, 0.3) is 0 Å². The number of methoxy groups -OCH3 is 1. The fraction of sp³-hybridized carbons (Fsp3) is 0.867. The number of hydrogen-bond donors (Lipinski definition) is 7. The Balaban J connectivity index is 2.44. The van der Waals surface area contributed by atoms with Crippen LogP contribution in [0.5, 0.6) is 0 Å². The molecule has 2 aliphatic heterocycles. The summed E-state index contributed by atoms with van der Waals surface area (Å²) in [6, 6.07) is -1.35. The first-order valence-corrected chi connectivity index (χ1v) is 11.8. The van der Waals surface area contributed by atoms with Crippen molar-refractivity contribution in [3.63, 3.8) is 0 Å². The van der Waals surface area contributed by atoms with Gasteiger partial charge in [-0.3, -0.25) is 13.5 Å². The zero-order valence-corrected chi connectivity index (χ0v) is 20.0. The van der Waals surface area contributed by atoms with Gasteiger partial charge in [-0.2, -0.15) is 8.42 Å². The Hall–Kier alpha value is -1.28. The van der Waals surface area contributed by atoms with E-state index in [0.717, 1.165) is 14.0 Å². The lowest BCUT2D eigenvalue weighted by atomic mass is 9.95. The molecule has 0 aromatic rings. The number of nitrogens with one attached hydrogen (secondary N) is 1. The topological polar surface area (TPSA) is 276 Å². The molecular weight excluding hydrogens is 546 g/mol. The summed E-state index contributed by atoms with van der Waals surface area (Å²) in [6.07, 6.45) is -16.3. The van der Waals surface area contributed by atoms with Gasteiger partial charge >= 0.3 is 16.4 Å². The maximum atomic E-state index is 11.8. The van der Waals surface area contributed by atoms with Crippen LogP contribution in [0.3, 0.4) is 0 Å². The molecule has 10 atom stereocenters. The fourth-order valence-corrected chi connectivity index (χ4v) is 4.14. The summed E-state index contributed by atoms with van der Waals surface area (Å²) in [7, 11) is -3.87. The molecule has 2 aliphatic rings. The number of ether oxygens (including phenoxy) is 4. The number of hydrogen-bond acceptors (Lipinski definition) is 17. The third kappa shape index (κ3) is 8.11. The van der Waals surface area contributed by atoms with Gasteiger partial charge in [0.15, 0.2) is 31.0 Å². The number of amides is 1. The molecule has 2 saturated heterocycles. The number of aliphatic carboxylic acids is 1. The second-order valence-corrected chi connectivity index (χ2v) is 8.88. The van der Waals surface area contributed by atoms with Crippen LogP contribution in [0.25, 0.3) is 0 Å². The van der Waals surface area contributed by atoms with Crippen molar-refractivity contribution in [1.82, 2.24) is 5.32 Å². The Bertz CT molecular complexity index is 844. The summed E-state index contributed by atoms with van der Waals surface area (Å²) < 4.78 is 66.2. The Morgan fingerprint density at radius 2 is 1.72 bits per heavy atom. The molecule has 1 amide bonds. The van der Waals surface area contributed by atoms with Gasteiger partial charge in [-0.1, -0.05) is 5.04 Å². The van der Waals surface area contributed by atoms with E-state index in [0.29, 0.717) is 0 Å². The predicted molar refractivity (Wildman–Crippen MR) is 107 cm³/mol. The largest absolute Gasteiger partial charge is 0.479 e. The zero-order valence-electron chi connectivity index (χ0n) is 18.4. The predicted octanol–water partition coefficient (Wildman–Crippen LogP) is -3.67. The van der Waals surface area contributed by atoms with Crippen LogP contribution >= 0.6 is 12.3 Å². The van der Waals surface area contributed by atoms with Crippen molar-refractivity contribution < 1.29 is 84.9 Å². The molecule has 0 aromatic heterocycles. The summed E-state index contributed by atoms with van der Waals surface area (Å²) >= 11 is -0.0405. The molecule has 19 nitrogen and oxygen atoms in total. The Labute approximate surface area is 207 Å². The molecule has 0 aliphatic carbocycles. The number of rotatable bonds is 12. The lowest BCUT2D eigenvalue weighted by molar-refractivity contribution is -0.435. The number of aliphatic hydroxyl groups excluding tert-OH is 3. The van der Waals surface area contributed by atoms with E-state index in [1.165, 1.54) is 0 Å². The van der Waals surface area contributed by atoms with Crippen LogP contribution in [-0.4, -0.2) is 126 Å². The first-order valence-electron chi connectivity index (χ1n) is 9.76. The van der Waals surface area contributed by atoms with Crippen molar-refractivity contribution in [1.29, 1.82) is 0 Å². The van der Waals surface area contributed by atoms with Crippen molar-refractivity contribution in [2.45, 2.75) is 68.3 Å². The maximum Gasteiger partial charge on any atom is 0.397 e.